The molecule has 0 bridgehead atoms. The van der Waals surface area contributed by atoms with E-state index in [0.29, 0.717) is 0 Å². The normalized spacial score (nSPS) is 21.5. The fourth-order valence-corrected chi connectivity index (χ4v) is 11.6. The summed E-state index contributed by atoms with van der Waals surface area (Å²) in [5.41, 5.74) is 4.19. The fraction of sp³-hybridized carbons (Fsp3) is 0.682. The Labute approximate surface area is 155 Å². The van der Waals surface area contributed by atoms with Crippen LogP contribution in [-0.4, -0.2) is 26.1 Å². The number of carbonyl (C=O) groups is 1. The van der Waals surface area contributed by atoms with Gasteiger partial charge in [-0.25, -0.2) is 0 Å². The average Bonchev–Trinajstić information content (AvgIpc) is 3.00. The van der Waals surface area contributed by atoms with Crippen LogP contribution in [-0.2, 0) is 4.74 Å². The van der Waals surface area contributed by atoms with Crippen LogP contribution in [0.15, 0.2) is 24.3 Å². The number of hydrogen-bond acceptors (Lipinski definition) is 2. The number of hydrogen-bond donors (Lipinski definition) is 0. The van der Waals surface area contributed by atoms with Crippen molar-refractivity contribution < 1.29 is 9.53 Å². The molecule has 1 heterocycles. The molecule has 1 aliphatic rings. The molecule has 1 aromatic rings. The van der Waals surface area contributed by atoms with Crippen LogP contribution in [0.3, 0.4) is 0 Å². The van der Waals surface area contributed by atoms with Gasteiger partial charge in [-0.3, -0.25) is 4.79 Å². The lowest BCUT2D eigenvalue weighted by Gasteiger charge is -2.44. The van der Waals surface area contributed by atoms with Gasteiger partial charge in [0.25, 0.3) is 0 Å². The lowest BCUT2D eigenvalue weighted by molar-refractivity contribution is 0.0426. The van der Waals surface area contributed by atoms with E-state index in [1.807, 2.05) is 31.2 Å². The summed E-state index contributed by atoms with van der Waals surface area (Å²) in [6, 6.07) is 9.08. The van der Waals surface area contributed by atoms with Crippen molar-refractivity contribution in [1.29, 1.82) is 0 Å². The third-order valence-corrected chi connectivity index (χ3v) is 14.2. The van der Waals surface area contributed by atoms with Gasteiger partial charge in [0, 0.05) is 5.56 Å². The molecule has 0 aliphatic carbocycles. The van der Waals surface area contributed by atoms with E-state index >= 15 is 0 Å². The van der Waals surface area contributed by atoms with Crippen molar-refractivity contribution in [2.24, 2.45) is 0 Å². The summed E-state index contributed by atoms with van der Waals surface area (Å²) in [5, 5.41) is 0. The van der Waals surface area contributed by atoms with Gasteiger partial charge in [0.15, 0.2) is 5.78 Å². The highest BCUT2D eigenvalue weighted by atomic mass is 28.3. The van der Waals surface area contributed by atoms with Crippen molar-refractivity contribution in [2.45, 2.75) is 96.2 Å². The smallest absolute Gasteiger partial charge is 0.191 e. The van der Waals surface area contributed by atoms with Gasteiger partial charge in [-0.1, -0.05) is 88.0 Å². The van der Waals surface area contributed by atoms with Crippen molar-refractivity contribution in [3.05, 3.63) is 35.4 Å². The standard InChI is InChI=1S/C22H36O2Si/c1-15(2)25(16(3)4,17(5)6)14-20-12-13-21(24-20)22(23)19-10-8-18(7)9-11-19/h8-11,15-17,20-21H,12-14H2,1-7H3/t20-,21-/m1/s1. The first-order chi connectivity index (χ1) is 11.7. The first-order valence-electron chi connectivity index (χ1n) is 9.94. The fourth-order valence-electron chi connectivity index (χ4n) is 5.05. The minimum atomic E-state index is -1.48. The summed E-state index contributed by atoms with van der Waals surface area (Å²) in [4.78, 5) is 12.8. The molecule has 25 heavy (non-hydrogen) atoms. The second-order valence-corrected chi connectivity index (χ2v) is 14.9. The predicted molar refractivity (Wildman–Crippen MR) is 109 cm³/mol. The molecule has 1 aliphatic heterocycles. The molecule has 0 unspecified atom stereocenters. The molecule has 2 atom stereocenters. The van der Waals surface area contributed by atoms with E-state index in [4.69, 9.17) is 4.74 Å². The van der Waals surface area contributed by atoms with Gasteiger partial charge >= 0.3 is 0 Å². The molecule has 0 amide bonds. The lowest BCUT2D eigenvalue weighted by atomic mass is 10.0. The van der Waals surface area contributed by atoms with Crippen LogP contribution in [0.2, 0.25) is 22.7 Å². The Morgan fingerprint density at radius 3 is 2.00 bits per heavy atom. The van der Waals surface area contributed by atoms with E-state index in [0.717, 1.165) is 35.0 Å². The van der Waals surface area contributed by atoms with Gasteiger partial charge in [-0.05, 0) is 25.8 Å². The van der Waals surface area contributed by atoms with E-state index in [-0.39, 0.29) is 18.0 Å². The summed E-state index contributed by atoms with van der Waals surface area (Å²) in [5.74, 6) is 0.161. The van der Waals surface area contributed by atoms with Crippen molar-refractivity contribution in [1.82, 2.24) is 0 Å². The van der Waals surface area contributed by atoms with E-state index < -0.39 is 8.07 Å². The predicted octanol–water partition coefficient (Wildman–Crippen LogP) is 6.40. The summed E-state index contributed by atoms with van der Waals surface area (Å²) in [6.07, 6.45) is 1.92. The van der Waals surface area contributed by atoms with Gasteiger partial charge in [0.1, 0.15) is 6.10 Å². The first kappa shape index (κ1) is 20.4. The lowest BCUT2D eigenvalue weighted by Crippen LogP contribution is -2.47. The van der Waals surface area contributed by atoms with E-state index in [1.54, 1.807) is 0 Å². The van der Waals surface area contributed by atoms with Crippen molar-refractivity contribution in [2.75, 3.05) is 0 Å². The summed E-state index contributed by atoms with van der Waals surface area (Å²) >= 11 is 0. The van der Waals surface area contributed by atoms with Crippen LogP contribution >= 0.6 is 0 Å². The minimum absolute atomic E-state index is 0.161. The minimum Gasteiger partial charge on any atom is -0.367 e. The van der Waals surface area contributed by atoms with Gasteiger partial charge in [0.05, 0.1) is 14.2 Å². The molecule has 2 rings (SSSR count). The van der Waals surface area contributed by atoms with Crippen molar-refractivity contribution in [3.8, 4) is 0 Å². The molecule has 3 heteroatoms. The van der Waals surface area contributed by atoms with Gasteiger partial charge in [0.2, 0.25) is 0 Å². The molecule has 140 valence electrons. The van der Waals surface area contributed by atoms with Crippen LogP contribution in [0.25, 0.3) is 0 Å². The molecule has 1 aromatic carbocycles. The SMILES string of the molecule is Cc1ccc(C(=O)[C@H]2CC[C@H](C[Si](C(C)C)(C(C)C)C(C)C)O2)cc1. The zero-order valence-electron chi connectivity index (χ0n) is 17.1. The third-order valence-electron chi connectivity index (χ3n) is 6.54. The second-order valence-electron chi connectivity index (χ2n) is 8.83. The number of rotatable bonds is 7. The van der Waals surface area contributed by atoms with E-state index in [2.05, 4.69) is 41.5 Å². The van der Waals surface area contributed by atoms with E-state index in [1.165, 1.54) is 11.6 Å². The van der Waals surface area contributed by atoms with Crippen LogP contribution < -0.4 is 0 Å². The van der Waals surface area contributed by atoms with Crippen LogP contribution in [0.5, 0.6) is 0 Å². The molecule has 2 nitrogen and oxygen atoms in total. The average molecular weight is 361 g/mol. The molecule has 0 aromatic heterocycles. The maximum Gasteiger partial charge on any atom is 0.191 e. The third kappa shape index (κ3) is 4.25. The Morgan fingerprint density at radius 1 is 1.00 bits per heavy atom. The molecular formula is C22H36O2Si. The maximum absolute atomic E-state index is 12.8. The van der Waals surface area contributed by atoms with E-state index in [9.17, 15) is 4.79 Å². The monoisotopic (exact) mass is 360 g/mol. The Bertz CT molecular complexity index is 552. The number of ether oxygens (including phenoxy) is 1. The topological polar surface area (TPSA) is 26.3 Å². The molecule has 0 radical (unpaired) electrons. The van der Waals surface area contributed by atoms with Gasteiger partial charge < -0.3 is 4.74 Å². The Kier molecular flexibility index (Phi) is 6.66. The molecule has 0 N–H and O–H groups in total. The molecular weight excluding hydrogens is 324 g/mol. The Morgan fingerprint density at radius 2 is 1.52 bits per heavy atom. The Hall–Kier alpha value is -0.933. The summed E-state index contributed by atoms with van der Waals surface area (Å²) in [6.45, 7) is 16.4. The quantitative estimate of drug-likeness (QED) is 0.415. The number of benzene rings is 1. The number of Topliss-reactive ketones (excluding diaryl/α,β-unsaturated/α-hetero) is 1. The number of ketones is 1. The highest BCUT2D eigenvalue weighted by molar-refractivity contribution is 6.83. The Balaban J connectivity index is 2.08. The number of aryl methyl sites for hydroxylation is 1. The van der Waals surface area contributed by atoms with Gasteiger partial charge in [-0.15, -0.1) is 0 Å². The largest absolute Gasteiger partial charge is 0.367 e. The molecule has 0 saturated carbocycles. The summed E-state index contributed by atoms with van der Waals surface area (Å²) in [7, 11) is -1.48. The molecule has 1 saturated heterocycles. The van der Waals surface area contributed by atoms with Crippen LogP contribution in [0, 0.1) is 6.92 Å². The van der Waals surface area contributed by atoms with Crippen molar-refractivity contribution >= 4 is 13.9 Å². The second kappa shape index (κ2) is 8.18. The zero-order valence-corrected chi connectivity index (χ0v) is 18.1. The maximum atomic E-state index is 12.8. The first-order valence-corrected chi connectivity index (χ1v) is 12.4. The van der Waals surface area contributed by atoms with Gasteiger partial charge in [-0.2, -0.15) is 0 Å². The van der Waals surface area contributed by atoms with Crippen LogP contribution in [0.4, 0.5) is 0 Å². The van der Waals surface area contributed by atoms with Crippen molar-refractivity contribution in [3.63, 3.8) is 0 Å². The number of carbonyl (C=O) groups excluding carboxylic acids is 1. The highest BCUT2D eigenvalue weighted by Crippen LogP contribution is 2.47. The summed E-state index contributed by atoms with van der Waals surface area (Å²) < 4.78 is 6.30. The highest BCUT2D eigenvalue weighted by Gasteiger charge is 2.46. The zero-order chi connectivity index (χ0) is 18.8. The molecule has 1 fully saturated rings. The van der Waals surface area contributed by atoms with Crippen LogP contribution in [0.1, 0.15) is 70.3 Å². The molecule has 0 spiro atoms.